The van der Waals surface area contributed by atoms with Crippen molar-refractivity contribution in [2.75, 3.05) is 11.1 Å². The fourth-order valence-electron chi connectivity index (χ4n) is 1.41. The lowest BCUT2D eigenvalue weighted by Crippen LogP contribution is -2.02. The van der Waals surface area contributed by atoms with E-state index in [9.17, 15) is 0 Å². The number of nitrogens with zero attached hydrogens (tertiary/aromatic N) is 2. The first-order valence-electron chi connectivity index (χ1n) is 5.10. The van der Waals surface area contributed by atoms with Gasteiger partial charge in [0, 0.05) is 18.9 Å². The van der Waals surface area contributed by atoms with Crippen LogP contribution in [0.15, 0.2) is 36.8 Å². The standard InChI is InChI=1S/C12H14N4/c1-9-6-14-5-4-10(9)7-15-11-2-3-12(13)16-8-11/h2-6,8,15H,7H2,1H3,(H2,13,16). The van der Waals surface area contributed by atoms with Gasteiger partial charge in [-0.3, -0.25) is 4.98 Å². The number of nitrogens with two attached hydrogens (primary N) is 1. The van der Waals surface area contributed by atoms with E-state index in [2.05, 4.69) is 15.3 Å². The number of nitrogen functional groups attached to an aromatic ring is 1. The molecule has 0 saturated carbocycles. The van der Waals surface area contributed by atoms with Crippen molar-refractivity contribution in [1.29, 1.82) is 0 Å². The quantitative estimate of drug-likeness (QED) is 0.820. The van der Waals surface area contributed by atoms with Gasteiger partial charge in [0.1, 0.15) is 5.82 Å². The number of rotatable bonds is 3. The van der Waals surface area contributed by atoms with E-state index in [1.54, 1.807) is 18.5 Å². The van der Waals surface area contributed by atoms with E-state index in [4.69, 9.17) is 5.73 Å². The van der Waals surface area contributed by atoms with Crippen LogP contribution >= 0.6 is 0 Å². The zero-order valence-electron chi connectivity index (χ0n) is 9.14. The molecule has 3 N–H and O–H groups in total. The van der Waals surface area contributed by atoms with Crippen molar-refractivity contribution in [2.45, 2.75) is 13.5 Å². The van der Waals surface area contributed by atoms with Gasteiger partial charge in [0.05, 0.1) is 11.9 Å². The molecule has 0 unspecified atom stereocenters. The van der Waals surface area contributed by atoms with Crippen molar-refractivity contribution in [3.8, 4) is 0 Å². The van der Waals surface area contributed by atoms with Crippen molar-refractivity contribution in [2.24, 2.45) is 0 Å². The molecule has 0 atom stereocenters. The van der Waals surface area contributed by atoms with Gasteiger partial charge in [-0.25, -0.2) is 4.98 Å². The molecule has 0 aliphatic carbocycles. The lowest BCUT2D eigenvalue weighted by Gasteiger charge is -2.08. The molecule has 4 nitrogen and oxygen atoms in total. The lowest BCUT2D eigenvalue weighted by molar-refractivity contribution is 1.09. The molecule has 2 aromatic heterocycles. The molecule has 0 aliphatic rings. The number of anilines is 2. The summed E-state index contributed by atoms with van der Waals surface area (Å²) in [6, 6.07) is 5.70. The van der Waals surface area contributed by atoms with Crippen LogP contribution in [-0.2, 0) is 6.54 Å². The van der Waals surface area contributed by atoms with E-state index in [0.29, 0.717) is 5.82 Å². The number of nitrogens with one attached hydrogen (secondary N) is 1. The first kappa shape index (κ1) is 10.4. The van der Waals surface area contributed by atoms with Crippen LogP contribution in [0.2, 0.25) is 0 Å². The Balaban J connectivity index is 2.02. The highest BCUT2D eigenvalue weighted by molar-refractivity contribution is 5.46. The topological polar surface area (TPSA) is 63.8 Å². The number of hydrogen-bond acceptors (Lipinski definition) is 4. The highest BCUT2D eigenvalue weighted by Gasteiger charge is 1.97. The number of aryl methyl sites for hydroxylation is 1. The van der Waals surface area contributed by atoms with Crippen molar-refractivity contribution in [1.82, 2.24) is 9.97 Å². The summed E-state index contributed by atoms with van der Waals surface area (Å²) in [7, 11) is 0. The van der Waals surface area contributed by atoms with E-state index in [-0.39, 0.29) is 0 Å². The maximum Gasteiger partial charge on any atom is 0.123 e. The average Bonchev–Trinajstić information content (AvgIpc) is 2.30. The fraction of sp³-hybridized carbons (Fsp3) is 0.167. The van der Waals surface area contributed by atoms with Crippen molar-refractivity contribution < 1.29 is 0 Å². The molecule has 4 heteroatoms. The van der Waals surface area contributed by atoms with Gasteiger partial charge in [-0.05, 0) is 36.2 Å². The first-order chi connectivity index (χ1) is 7.75. The second kappa shape index (κ2) is 4.61. The normalized spacial score (nSPS) is 10.1. The van der Waals surface area contributed by atoms with E-state index >= 15 is 0 Å². The van der Waals surface area contributed by atoms with Crippen LogP contribution in [0.4, 0.5) is 11.5 Å². The van der Waals surface area contributed by atoms with Gasteiger partial charge in [-0.2, -0.15) is 0 Å². The number of pyridine rings is 2. The Morgan fingerprint density at radius 2 is 2.12 bits per heavy atom. The summed E-state index contributed by atoms with van der Waals surface area (Å²) in [5.41, 5.74) is 8.88. The predicted molar refractivity (Wildman–Crippen MR) is 65.0 cm³/mol. The zero-order chi connectivity index (χ0) is 11.4. The maximum absolute atomic E-state index is 5.51. The molecule has 0 bridgehead atoms. The Hall–Kier alpha value is -2.10. The second-order valence-corrected chi connectivity index (χ2v) is 3.63. The van der Waals surface area contributed by atoms with Crippen LogP contribution in [0.1, 0.15) is 11.1 Å². The van der Waals surface area contributed by atoms with Crippen LogP contribution < -0.4 is 11.1 Å². The van der Waals surface area contributed by atoms with Crippen molar-refractivity contribution >= 4 is 11.5 Å². The monoisotopic (exact) mass is 214 g/mol. The number of hydrogen-bond donors (Lipinski definition) is 2. The summed E-state index contributed by atoms with van der Waals surface area (Å²) < 4.78 is 0. The largest absolute Gasteiger partial charge is 0.384 e. The van der Waals surface area contributed by atoms with Gasteiger partial charge < -0.3 is 11.1 Å². The predicted octanol–water partition coefficient (Wildman–Crippen LogP) is 1.98. The minimum Gasteiger partial charge on any atom is -0.384 e. The Labute approximate surface area is 94.5 Å². The van der Waals surface area contributed by atoms with Crippen LogP contribution in [-0.4, -0.2) is 9.97 Å². The van der Waals surface area contributed by atoms with E-state index in [1.165, 1.54) is 11.1 Å². The minimum absolute atomic E-state index is 0.533. The average molecular weight is 214 g/mol. The molecule has 0 aliphatic heterocycles. The Morgan fingerprint density at radius 1 is 1.25 bits per heavy atom. The summed E-state index contributed by atoms with van der Waals surface area (Å²) in [4.78, 5) is 8.07. The Morgan fingerprint density at radius 3 is 2.81 bits per heavy atom. The molecular weight excluding hydrogens is 200 g/mol. The Bertz CT molecular complexity index is 465. The van der Waals surface area contributed by atoms with Gasteiger partial charge in [0.25, 0.3) is 0 Å². The molecule has 2 rings (SSSR count). The van der Waals surface area contributed by atoms with Gasteiger partial charge in [-0.1, -0.05) is 0 Å². The fourth-order valence-corrected chi connectivity index (χ4v) is 1.41. The molecule has 2 heterocycles. The third-order valence-electron chi connectivity index (χ3n) is 2.41. The SMILES string of the molecule is Cc1cnccc1CNc1ccc(N)nc1. The molecule has 0 aromatic carbocycles. The van der Waals surface area contributed by atoms with Gasteiger partial charge in [-0.15, -0.1) is 0 Å². The highest BCUT2D eigenvalue weighted by atomic mass is 14.9. The van der Waals surface area contributed by atoms with Gasteiger partial charge in [0.15, 0.2) is 0 Å². The third kappa shape index (κ3) is 2.48. The summed E-state index contributed by atoms with van der Waals surface area (Å²) in [5.74, 6) is 0.533. The summed E-state index contributed by atoms with van der Waals surface area (Å²) in [6.45, 7) is 2.81. The highest BCUT2D eigenvalue weighted by Crippen LogP contribution is 2.11. The first-order valence-corrected chi connectivity index (χ1v) is 5.10. The van der Waals surface area contributed by atoms with Crippen molar-refractivity contribution in [3.05, 3.63) is 47.9 Å². The van der Waals surface area contributed by atoms with E-state index in [1.807, 2.05) is 25.3 Å². The molecule has 0 amide bonds. The Kier molecular flexibility index (Phi) is 3.00. The zero-order valence-corrected chi connectivity index (χ0v) is 9.14. The van der Waals surface area contributed by atoms with Crippen LogP contribution in [0.5, 0.6) is 0 Å². The molecular formula is C12H14N4. The van der Waals surface area contributed by atoms with Gasteiger partial charge in [0.2, 0.25) is 0 Å². The molecule has 0 saturated heterocycles. The summed E-state index contributed by atoms with van der Waals surface area (Å²) in [6.07, 6.45) is 5.38. The molecule has 16 heavy (non-hydrogen) atoms. The minimum atomic E-state index is 0.533. The van der Waals surface area contributed by atoms with Crippen LogP contribution in [0, 0.1) is 6.92 Å². The van der Waals surface area contributed by atoms with Crippen LogP contribution in [0.3, 0.4) is 0 Å². The lowest BCUT2D eigenvalue weighted by atomic mass is 10.1. The van der Waals surface area contributed by atoms with E-state index in [0.717, 1.165) is 12.2 Å². The second-order valence-electron chi connectivity index (χ2n) is 3.63. The molecule has 0 fully saturated rings. The molecule has 82 valence electrons. The molecule has 2 aromatic rings. The van der Waals surface area contributed by atoms with Crippen molar-refractivity contribution in [3.63, 3.8) is 0 Å². The molecule has 0 radical (unpaired) electrons. The third-order valence-corrected chi connectivity index (χ3v) is 2.41. The summed E-state index contributed by atoms with van der Waals surface area (Å²) >= 11 is 0. The number of aromatic nitrogens is 2. The van der Waals surface area contributed by atoms with E-state index < -0.39 is 0 Å². The summed E-state index contributed by atoms with van der Waals surface area (Å²) in [5, 5.41) is 3.28. The maximum atomic E-state index is 5.51. The van der Waals surface area contributed by atoms with Crippen LogP contribution in [0.25, 0.3) is 0 Å². The van der Waals surface area contributed by atoms with Gasteiger partial charge >= 0.3 is 0 Å². The smallest absolute Gasteiger partial charge is 0.123 e. The molecule has 0 spiro atoms.